The van der Waals surface area contributed by atoms with Crippen molar-refractivity contribution >= 4 is 11.7 Å². The van der Waals surface area contributed by atoms with Gasteiger partial charge in [-0.2, -0.15) is 0 Å². The Hall–Kier alpha value is -1.51. The van der Waals surface area contributed by atoms with Crippen molar-refractivity contribution < 1.29 is 9.90 Å². The number of aromatic carboxylic acids is 1. The van der Waals surface area contributed by atoms with Gasteiger partial charge in [0.25, 0.3) is 0 Å². The van der Waals surface area contributed by atoms with Crippen LogP contribution in [0.4, 0.5) is 5.69 Å². The minimum Gasteiger partial charge on any atom is -0.545 e. The number of carboxylic acids is 1. The Morgan fingerprint density at radius 3 is 2.79 bits per heavy atom. The van der Waals surface area contributed by atoms with Crippen LogP contribution in [-0.4, -0.2) is 5.97 Å². The quantitative estimate of drug-likeness (QED) is 0.723. The second-order valence-electron chi connectivity index (χ2n) is 3.31. The average Bonchev–Trinajstić information content (AvgIpc) is 2.14. The number of nitrogens with two attached hydrogens (primary N) is 1. The number of carboxylic acid groups (broad SMARTS) is 1. The number of unbranched alkanes of at least 4 members (excludes halogenated alkanes) is 1. The van der Waals surface area contributed by atoms with Crippen LogP contribution in [0.2, 0.25) is 0 Å². The molecule has 0 bridgehead atoms. The summed E-state index contributed by atoms with van der Waals surface area (Å²) in [6.07, 6.45) is 2.73. The van der Waals surface area contributed by atoms with Gasteiger partial charge in [0.1, 0.15) is 0 Å². The van der Waals surface area contributed by atoms with E-state index in [0.29, 0.717) is 5.69 Å². The van der Waals surface area contributed by atoms with Gasteiger partial charge in [-0.05, 0) is 30.5 Å². The number of hydrogen-bond donors (Lipinski definition) is 1. The molecule has 0 unspecified atom stereocenters. The van der Waals surface area contributed by atoms with E-state index < -0.39 is 5.97 Å². The molecule has 0 atom stereocenters. The summed E-state index contributed by atoms with van der Waals surface area (Å²) in [5.41, 5.74) is 7.21. The molecule has 3 nitrogen and oxygen atoms in total. The molecule has 76 valence electrons. The van der Waals surface area contributed by atoms with Gasteiger partial charge in [-0.15, -0.1) is 0 Å². The summed E-state index contributed by atoms with van der Waals surface area (Å²) in [5, 5.41) is 10.7. The molecule has 0 aliphatic carbocycles. The van der Waals surface area contributed by atoms with Crippen LogP contribution >= 0.6 is 0 Å². The average molecular weight is 192 g/mol. The number of anilines is 1. The van der Waals surface area contributed by atoms with Crippen molar-refractivity contribution in [2.45, 2.75) is 26.2 Å². The van der Waals surface area contributed by atoms with E-state index >= 15 is 0 Å². The third-order valence-electron chi connectivity index (χ3n) is 2.15. The van der Waals surface area contributed by atoms with Crippen molar-refractivity contribution in [3.05, 3.63) is 29.3 Å². The Balaban J connectivity index is 2.97. The maximum Gasteiger partial charge on any atom is 0.0718 e. The Kier molecular flexibility index (Phi) is 3.51. The van der Waals surface area contributed by atoms with Gasteiger partial charge < -0.3 is 15.6 Å². The molecule has 0 aliphatic heterocycles. The van der Waals surface area contributed by atoms with Gasteiger partial charge in [0.15, 0.2) is 0 Å². The lowest BCUT2D eigenvalue weighted by Gasteiger charge is -2.10. The van der Waals surface area contributed by atoms with Crippen LogP contribution in [0.25, 0.3) is 0 Å². The summed E-state index contributed by atoms with van der Waals surface area (Å²) in [5.74, 6) is -1.13. The number of rotatable bonds is 4. The molecule has 0 spiro atoms. The largest absolute Gasteiger partial charge is 0.545 e. The van der Waals surface area contributed by atoms with Crippen molar-refractivity contribution in [1.82, 2.24) is 0 Å². The fourth-order valence-electron chi connectivity index (χ4n) is 1.39. The molecule has 0 fully saturated rings. The summed E-state index contributed by atoms with van der Waals surface area (Å²) in [4.78, 5) is 10.7. The maximum absolute atomic E-state index is 10.7. The Morgan fingerprint density at radius 1 is 1.50 bits per heavy atom. The lowest BCUT2D eigenvalue weighted by molar-refractivity contribution is -0.255. The second kappa shape index (κ2) is 4.65. The van der Waals surface area contributed by atoms with Gasteiger partial charge >= 0.3 is 0 Å². The normalized spacial score (nSPS) is 10.1. The van der Waals surface area contributed by atoms with Gasteiger partial charge in [-0.3, -0.25) is 0 Å². The number of carbonyl (C=O) groups is 1. The van der Waals surface area contributed by atoms with Crippen molar-refractivity contribution in [3.8, 4) is 0 Å². The summed E-state index contributed by atoms with van der Waals surface area (Å²) >= 11 is 0. The topological polar surface area (TPSA) is 66.2 Å². The smallest absolute Gasteiger partial charge is 0.0718 e. The molecule has 1 aromatic carbocycles. The molecule has 3 heteroatoms. The Morgan fingerprint density at radius 2 is 2.21 bits per heavy atom. The number of carbonyl (C=O) groups excluding carboxylic acids is 1. The van der Waals surface area contributed by atoms with Gasteiger partial charge in [-0.1, -0.05) is 19.4 Å². The summed E-state index contributed by atoms with van der Waals surface area (Å²) in [6.45, 7) is 2.06. The summed E-state index contributed by atoms with van der Waals surface area (Å²) in [7, 11) is 0. The first kappa shape index (κ1) is 10.6. The van der Waals surface area contributed by atoms with E-state index in [1.54, 1.807) is 12.1 Å². The van der Waals surface area contributed by atoms with Gasteiger partial charge in [0.2, 0.25) is 0 Å². The summed E-state index contributed by atoms with van der Waals surface area (Å²) in [6, 6.07) is 4.80. The molecule has 14 heavy (non-hydrogen) atoms. The van der Waals surface area contributed by atoms with E-state index in [0.717, 1.165) is 24.8 Å². The van der Waals surface area contributed by atoms with E-state index in [1.807, 2.05) is 0 Å². The predicted octanol–water partition coefficient (Wildman–Crippen LogP) is 0.975. The monoisotopic (exact) mass is 192 g/mol. The molecule has 0 radical (unpaired) electrons. The fourth-order valence-corrected chi connectivity index (χ4v) is 1.39. The first-order chi connectivity index (χ1) is 6.65. The number of benzene rings is 1. The highest BCUT2D eigenvalue weighted by molar-refractivity contribution is 5.88. The number of hydrogen-bond acceptors (Lipinski definition) is 3. The minimum absolute atomic E-state index is 0.257. The highest BCUT2D eigenvalue weighted by Crippen LogP contribution is 2.15. The number of nitrogen functional groups attached to an aromatic ring is 1. The van der Waals surface area contributed by atoms with Crippen molar-refractivity contribution in [3.63, 3.8) is 0 Å². The van der Waals surface area contributed by atoms with Gasteiger partial charge in [0.05, 0.1) is 5.97 Å². The molecule has 0 heterocycles. The first-order valence-corrected chi connectivity index (χ1v) is 4.75. The lowest BCUT2D eigenvalue weighted by atomic mass is 10.0. The molecular formula is C11H14NO2-. The zero-order valence-electron chi connectivity index (χ0n) is 8.25. The zero-order chi connectivity index (χ0) is 10.6. The molecule has 0 aliphatic rings. The highest BCUT2D eigenvalue weighted by Gasteiger charge is 2.03. The molecule has 0 saturated heterocycles. The van der Waals surface area contributed by atoms with Crippen LogP contribution in [0.5, 0.6) is 0 Å². The van der Waals surface area contributed by atoms with Crippen molar-refractivity contribution in [2.24, 2.45) is 0 Å². The third-order valence-corrected chi connectivity index (χ3v) is 2.15. The molecule has 0 saturated carbocycles. The third kappa shape index (κ3) is 2.49. The van der Waals surface area contributed by atoms with Gasteiger partial charge in [-0.25, -0.2) is 0 Å². The first-order valence-electron chi connectivity index (χ1n) is 4.75. The SMILES string of the molecule is CCCCc1cc(N)ccc1C(=O)[O-]. The van der Waals surface area contributed by atoms with Crippen LogP contribution in [0.1, 0.15) is 35.7 Å². The second-order valence-corrected chi connectivity index (χ2v) is 3.31. The Bertz CT molecular complexity index is 334. The van der Waals surface area contributed by atoms with Crippen LogP contribution in [-0.2, 0) is 6.42 Å². The fraction of sp³-hybridized carbons (Fsp3) is 0.364. The van der Waals surface area contributed by atoms with E-state index in [2.05, 4.69) is 6.92 Å². The van der Waals surface area contributed by atoms with E-state index in [4.69, 9.17) is 5.73 Å². The van der Waals surface area contributed by atoms with Crippen LogP contribution < -0.4 is 10.8 Å². The molecular weight excluding hydrogens is 178 g/mol. The van der Waals surface area contributed by atoms with Crippen molar-refractivity contribution in [1.29, 1.82) is 0 Å². The minimum atomic E-state index is -1.13. The van der Waals surface area contributed by atoms with E-state index in [-0.39, 0.29) is 5.56 Å². The number of aryl methyl sites for hydroxylation is 1. The standard InChI is InChI=1S/C11H15NO2/c1-2-3-4-8-7-9(12)5-6-10(8)11(13)14/h5-7H,2-4,12H2,1H3,(H,13,14)/p-1. The molecule has 0 aromatic heterocycles. The van der Waals surface area contributed by atoms with Crippen LogP contribution in [0.15, 0.2) is 18.2 Å². The molecule has 2 N–H and O–H groups in total. The molecule has 1 aromatic rings. The van der Waals surface area contributed by atoms with Crippen LogP contribution in [0, 0.1) is 0 Å². The van der Waals surface area contributed by atoms with E-state index in [1.165, 1.54) is 6.07 Å². The zero-order valence-corrected chi connectivity index (χ0v) is 8.25. The summed E-state index contributed by atoms with van der Waals surface area (Å²) < 4.78 is 0. The predicted molar refractivity (Wildman–Crippen MR) is 53.8 cm³/mol. The maximum atomic E-state index is 10.7. The van der Waals surface area contributed by atoms with Crippen molar-refractivity contribution in [2.75, 3.05) is 5.73 Å². The Labute approximate surface area is 83.6 Å². The lowest BCUT2D eigenvalue weighted by Crippen LogP contribution is -2.23. The highest BCUT2D eigenvalue weighted by atomic mass is 16.4. The molecule has 0 amide bonds. The van der Waals surface area contributed by atoms with E-state index in [9.17, 15) is 9.90 Å². The van der Waals surface area contributed by atoms with Crippen LogP contribution in [0.3, 0.4) is 0 Å². The molecule has 1 rings (SSSR count). The van der Waals surface area contributed by atoms with Gasteiger partial charge in [0, 0.05) is 11.3 Å².